The van der Waals surface area contributed by atoms with E-state index in [1.165, 1.54) is 0 Å². The lowest BCUT2D eigenvalue weighted by molar-refractivity contribution is -0.129. The van der Waals surface area contributed by atoms with Crippen LogP contribution in [0.1, 0.15) is 11.1 Å². The molecule has 0 aromatic heterocycles. The number of hydrogen-bond donors (Lipinski definition) is 0. The molecule has 4 rings (SSSR count). The maximum Gasteiger partial charge on any atom is 0.363 e. The van der Waals surface area contributed by atoms with Gasteiger partial charge in [-0.1, -0.05) is 36.4 Å². The van der Waals surface area contributed by atoms with Crippen LogP contribution in [0.5, 0.6) is 17.2 Å². The van der Waals surface area contributed by atoms with Gasteiger partial charge in [0, 0.05) is 11.6 Å². The first-order valence-electron chi connectivity index (χ1n) is 9.79. The van der Waals surface area contributed by atoms with Crippen molar-refractivity contribution in [1.82, 2.24) is 0 Å². The van der Waals surface area contributed by atoms with E-state index in [4.69, 9.17) is 18.9 Å². The molecule has 0 aliphatic carbocycles. The molecule has 0 spiro atoms. The van der Waals surface area contributed by atoms with Gasteiger partial charge in [0.15, 0.2) is 5.70 Å². The second-order valence-corrected chi connectivity index (χ2v) is 6.65. The van der Waals surface area contributed by atoms with E-state index in [0.717, 1.165) is 22.6 Å². The van der Waals surface area contributed by atoms with Gasteiger partial charge in [0.1, 0.15) is 30.5 Å². The normalized spacial score (nSPS) is 14.2. The maximum absolute atomic E-state index is 12.1. The summed E-state index contributed by atoms with van der Waals surface area (Å²) < 4.78 is 21.8. The SMILES string of the molecule is COc1cccc(OCCOc2ccc(C=C3N=C(c4ccccc4)OC3=O)cc2)c1. The zero-order valence-corrected chi connectivity index (χ0v) is 17.0. The number of methoxy groups -OCH3 is 1. The fourth-order valence-electron chi connectivity index (χ4n) is 2.94. The summed E-state index contributed by atoms with van der Waals surface area (Å²) in [6.07, 6.45) is 1.69. The van der Waals surface area contributed by atoms with Crippen LogP contribution in [0.3, 0.4) is 0 Å². The Bertz CT molecular complexity index is 1100. The molecule has 156 valence electrons. The van der Waals surface area contributed by atoms with Gasteiger partial charge >= 0.3 is 5.97 Å². The zero-order chi connectivity index (χ0) is 21.5. The van der Waals surface area contributed by atoms with E-state index < -0.39 is 5.97 Å². The fourth-order valence-corrected chi connectivity index (χ4v) is 2.94. The van der Waals surface area contributed by atoms with Gasteiger partial charge < -0.3 is 18.9 Å². The van der Waals surface area contributed by atoms with Crippen molar-refractivity contribution in [2.45, 2.75) is 0 Å². The number of esters is 1. The average Bonchev–Trinajstić information content (AvgIpc) is 3.18. The molecule has 6 heteroatoms. The largest absolute Gasteiger partial charge is 0.497 e. The molecular formula is C25H21NO5. The zero-order valence-electron chi connectivity index (χ0n) is 17.0. The van der Waals surface area contributed by atoms with Crippen LogP contribution in [-0.2, 0) is 9.53 Å². The van der Waals surface area contributed by atoms with Gasteiger partial charge in [-0.05, 0) is 48.0 Å². The van der Waals surface area contributed by atoms with Crippen molar-refractivity contribution in [3.8, 4) is 17.2 Å². The number of aliphatic imine (C=N–C) groups is 1. The number of rotatable bonds is 8. The van der Waals surface area contributed by atoms with Crippen LogP contribution >= 0.6 is 0 Å². The second kappa shape index (κ2) is 9.63. The van der Waals surface area contributed by atoms with Crippen LogP contribution in [0.25, 0.3) is 6.08 Å². The molecule has 1 heterocycles. The van der Waals surface area contributed by atoms with Gasteiger partial charge in [0.2, 0.25) is 5.90 Å². The maximum atomic E-state index is 12.1. The van der Waals surface area contributed by atoms with E-state index in [2.05, 4.69) is 4.99 Å². The van der Waals surface area contributed by atoms with Crippen LogP contribution in [0.2, 0.25) is 0 Å². The molecule has 0 saturated heterocycles. The Morgan fingerprint density at radius 3 is 2.29 bits per heavy atom. The average molecular weight is 415 g/mol. The molecule has 6 nitrogen and oxygen atoms in total. The molecule has 3 aromatic rings. The molecule has 0 radical (unpaired) electrons. The van der Waals surface area contributed by atoms with E-state index >= 15 is 0 Å². The number of benzene rings is 3. The van der Waals surface area contributed by atoms with Gasteiger partial charge in [-0.3, -0.25) is 0 Å². The minimum absolute atomic E-state index is 0.263. The summed E-state index contributed by atoms with van der Waals surface area (Å²) in [7, 11) is 1.62. The molecular weight excluding hydrogens is 394 g/mol. The Hall–Kier alpha value is -4.06. The lowest BCUT2D eigenvalue weighted by atomic mass is 10.2. The first-order valence-corrected chi connectivity index (χ1v) is 9.79. The van der Waals surface area contributed by atoms with Crippen molar-refractivity contribution in [3.05, 3.63) is 95.7 Å². The number of cyclic esters (lactones) is 1. The highest BCUT2D eigenvalue weighted by atomic mass is 16.6. The molecule has 31 heavy (non-hydrogen) atoms. The lowest BCUT2D eigenvalue weighted by Crippen LogP contribution is -2.09. The van der Waals surface area contributed by atoms with Crippen LogP contribution in [0.15, 0.2) is 89.6 Å². The highest BCUT2D eigenvalue weighted by Gasteiger charge is 2.23. The Morgan fingerprint density at radius 1 is 0.839 bits per heavy atom. The third-order valence-corrected chi connectivity index (χ3v) is 4.49. The van der Waals surface area contributed by atoms with Gasteiger partial charge in [0.05, 0.1) is 7.11 Å². The molecule has 1 aliphatic rings. The fraction of sp³-hybridized carbons (Fsp3) is 0.120. The highest BCUT2D eigenvalue weighted by molar-refractivity contribution is 6.12. The smallest absolute Gasteiger partial charge is 0.363 e. The summed E-state index contributed by atoms with van der Waals surface area (Å²) in [4.78, 5) is 16.4. The number of carbonyl (C=O) groups excluding carboxylic acids is 1. The van der Waals surface area contributed by atoms with Crippen LogP contribution in [0, 0.1) is 0 Å². The van der Waals surface area contributed by atoms with Gasteiger partial charge in [0.25, 0.3) is 0 Å². The number of hydrogen-bond acceptors (Lipinski definition) is 6. The molecule has 0 N–H and O–H groups in total. The first kappa shape index (κ1) is 20.2. The summed E-state index contributed by atoms with van der Waals surface area (Å²) in [5.74, 6) is 2.03. The van der Waals surface area contributed by atoms with Gasteiger partial charge in [-0.25, -0.2) is 9.79 Å². The van der Waals surface area contributed by atoms with Crippen molar-refractivity contribution in [1.29, 1.82) is 0 Å². The van der Waals surface area contributed by atoms with Crippen molar-refractivity contribution < 1.29 is 23.7 Å². The third-order valence-electron chi connectivity index (χ3n) is 4.49. The second-order valence-electron chi connectivity index (χ2n) is 6.65. The van der Waals surface area contributed by atoms with E-state index in [0.29, 0.717) is 24.9 Å². The van der Waals surface area contributed by atoms with E-state index in [1.807, 2.05) is 78.9 Å². The first-order chi connectivity index (χ1) is 15.2. The quantitative estimate of drug-likeness (QED) is 0.308. The third kappa shape index (κ3) is 5.30. The van der Waals surface area contributed by atoms with Gasteiger partial charge in [-0.15, -0.1) is 0 Å². The van der Waals surface area contributed by atoms with E-state index in [1.54, 1.807) is 13.2 Å². The molecule has 0 amide bonds. The molecule has 0 saturated carbocycles. The molecule has 3 aromatic carbocycles. The number of carbonyl (C=O) groups is 1. The summed E-state index contributed by atoms with van der Waals surface area (Å²) in [5, 5.41) is 0. The predicted molar refractivity (Wildman–Crippen MR) is 117 cm³/mol. The lowest BCUT2D eigenvalue weighted by Gasteiger charge is -2.09. The Balaban J connectivity index is 1.32. The van der Waals surface area contributed by atoms with E-state index in [9.17, 15) is 4.79 Å². The van der Waals surface area contributed by atoms with Crippen molar-refractivity contribution >= 4 is 17.9 Å². The summed E-state index contributed by atoms with van der Waals surface area (Å²) >= 11 is 0. The molecule has 0 atom stereocenters. The van der Waals surface area contributed by atoms with Crippen molar-refractivity contribution in [2.75, 3.05) is 20.3 Å². The number of nitrogens with zero attached hydrogens (tertiary/aromatic N) is 1. The minimum Gasteiger partial charge on any atom is -0.497 e. The van der Waals surface area contributed by atoms with Crippen LogP contribution in [-0.4, -0.2) is 32.2 Å². The molecule has 0 unspecified atom stereocenters. The monoisotopic (exact) mass is 415 g/mol. The Labute approximate surface area is 180 Å². The Morgan fingerprint density at radius 2 is 1.55 bits per heavy atom. The highest BCUT2D eigenvalue weighted by Crippen LogP contribution is 2.21. The summed E-state index contributed by atoms with van der Waals surface area (Å²) in [6.45, 7) is 0.802. The van der Waals surface area contributed by atoms with E-state index in [-0.39, 0.29) is 5.70 Å². The number of ether oxygens (including phenoxy) is 4. The summed E-state index contributed by atoms with van der Waals surface area (Å²) in [5.41, 5.74) is 1.85. The van der Waals surface area contributed by atoms with Crippen LogP contribution < -0.4 is 14.2 Å². The Kier molecular flexibility index (Phi) is 6.28. The summed E-state index contributed by atoms with van der Waals surface area (Å²) in [6, 6.07) is 24.1. The standard InChI is InChI=1S/C25H21NO5/c1-28-21-8-5-9-22(17-21)30-15-14-29-20-12-10-18(11-13-20)16-23-25(27)31-24(26-23)19-6-3-2-4-7-19/h2-13,16-17H,14-15H2,1H3. The molecule has 0 bridgehead atoms. The van der Waals surface area contributed by atoms with Crippen molar-refractivity contribution in [2.24, 2.45) is 4.99 Å². The van der Waals surface area contributed by atoms with Gasteiger partial charge in [-0.2, -0.15) is 0 Å². The van der Waals surface area contributed by atoms with Crippen molar-refractivity contribution in [3.63, 3.8) is 0 Å². The topological polar surface area (TPSA) is 66.3 Å². The van der Waals surface area contributed by atoms with Crippen LogP contribution in [0.4, 0.5) is 0 Å². The molecule has 1 aliphatic heterocycles. The minimum atomic E-state index is -0.464. The molecule has 0 fully saturated rings. The predicted octanol–water partition coefficient (Wildman–Crippen LogP) is 4.50.